The number of rotatable bonds is 7. The topological polar surface area (TPSA) is 75.7 Å². The van der Waals surface area contributed by atoms with Crippen LogP contribution in [0.4, 0.5) is 0 Å². The zero-order valence-electron chi connectivity index (χ0n) is 13.6. The number of carbonyl (C=O) groups excluding carboxylic acids is 3. The molecule has 0 aromatic heterocycles. The molecule has 1 atom stereocenters. The molecule has 2 aliphatic rings. The minimum Gasteiger partial charge on any atom is -0.380 e. The van der Waals surface area contributed by atoms with Gasteiger partial charge in [-0.2, -0.15) is 0 Å². The number of hydrogen-bond acceptors (Lipinski definition) is 5. The van der Waals surface area contributed by atoms with Crippen molar-refractivity contribution in [1.82, 2.24) is 10.2 Å². The van der Waals surface area contributed by atoms with Crippen molar-refractivity contribution in [3.8, 4) is 0 Å². The first-order valence-electron chi connectivity index (χ1n) is 8.15. The molecule has 0 saturated carbocycles. The Balaban J connectivity index is 1.69. The molecule has 2 heterocycles. The summed E-state index contributed by atoms with van der Waals surface area (Å²) in [4.78, 5) is 38.8. The maximum absolute atomic E-state index is 12.7. The van der Waals surface area contributed by atoms with Crippen LogP contribution in [0.25, 0.3) is 0 Å². The SMILES string of the molecule is O=C1CCC(N2Cc3c(SCCOCCBr)cccc3C2=O)C(=O)N1. The zero-order chi connectivity index (χ0) is 17.8. The van der Waals surface area contributed by atoms with Crippen LogP contribution in [0.3, 0.4) is 0 Å². The third kappa shape index (κ3) is 4.07. The fourth-order valence-electron chi connectivity index (χ4n) is 3.06. The quantitative estimate of drug-likeness (QED) is 0.312. The second kappa shape index (κ2) is 8.33. The number of thioether (sulfide) groups is 1. The highest BCUT2D eigenvalue weighted by Gasteiger charge is 2.39. The van der Waals surface area contributed by atoms with Crippen molar-refractivity contribution in [2.24, 2.45) is 0 Å². The molecule has 1 aromatic rings. The van der Waals surface area contributed by atoms with Crippen molar-refractivity contribution in [3.05, 3.63) is 29.3 Å². The number of alkyl halides is 1. The van der Waals surface area contributed by atoms with Gasteiger partial charge in [-0.3, -0.25) is 19.7 Å². The summed E-state index contributed by atoms with van der Waals surface area (Å²) in [6.45, 7) is 1.73. The Morgan fingerprint density at radius 2 is 2.12 bits per heavy atom. The molecule has 3 rings (SSSR count). The fourth-order valence-corrected chi connectivity index (χ4v) is 4.23. The fraction of sp³-hybridized carbons (Fsp3) is 0.471. The Hall–Kier alpha value is -1.38. The van der Waals surface area contributed by atoms with Gasteiger partial charge < -0.3 is 9.64 Å². The average molecular weight is 427 g/mol. The van der Waals surface area contributed by atoms with Crippen molar-refractivity contribution in [1.29, 1.82) is 0 Å². The smallest absolute Gasteiger partial charge is 0.255 e. The average Bonchev–Trinajstić information content (AvgIpc) is 2.92. The lowest BCUT2D eigenvalue weighted by Gasteiger charge is -2.29. The van der Waals surface area contributed by atoms with Crippen LogP contribution in [0.2, 0.25) is 0 Å². The molecule has 1 unspecified atom stereocenters. The van der Waals surface area contributed by atoms with Crippen molar-refractivity contribution in [2.75, 3.05) is 24.3 Å². The number of piperidine rings is 1. The van der Waals surface area contributed by atoms with Gasteiger partial charge in [0.2, 0.25) is 11.8 Å². The standard InChI is InChI=1S/C17H19BrN2O4S/c18-6-7-24-8-9-25-14-3-1-2-11-12(14)10-20(17(11)23)13-4-5-15(21)19-16(13)22/h1-3,13H,4-10H2,(H,19,21,22). The van der Waals surface area contributed by atoms with Crippen LogP contribution in [0.15, 0.2) is 23.1 Å². The van der Waals surface area contributed by atoms with E-state index in [9.17, 15) is 14.4 Å². The predicted molar refractivity (Wildman–Crippen MR) is 97.8 cm³/mol. The summed E-state index contributed by atoms with van der Waals surface area (Å²) in [6, 6.07) is 5.09. The van der Waals surface area contributed by atoms with Gasteiger partial charge in [0.1, 0.15) is 6.04 Å². The van der Waals surface area contributed by atoms with Crippen LogP contribution >= 0.6 is 27.7 Å². The highest BCUT2D eigenvalue weighted by molar-refractivity contribution is 9.09. The molecule has 3 amide bonds. The van der Waals surface area contributed by atoms with Gasteiger partial charge in [-0.1, -0.05) is 22.0 Å². The highest BCUT2D eigenvalue weighted by Crippen LogP contribution is 2.34. The van der Waals surface area contributed by atoms with E-state index < -0.39 is 6.04 Å². The largest absolute Gasteiger partial charge is 0.380 e. The van der Waals surface area contributed by atoms with Gasteiger partial charge in [-0.15, -0.1) is 11.8 Å². The van der Waals surface area contributed by atoms with Gasteiger partial charge in [0, 0.05) is 34.5 Å². The van der Waals surface area contributed by atoms with Gasteiger partial charge >= 0.3 is 0 Å². The summed E-state index contributed by atoms with van der Waals surface area (Å²) in [7, 11) is 0. The first-order valence-corrected chi connectivity index (χ1v) is 10.3. The number of carbonyl (C=O) groups is 3. The Labute approximate surface area is 158 Å². The van der Waals surface area contributed by atoms with E-state index >= 15 is 0 Å². The predicted octanol–water partition coefficient (Wildman–Crippen LogP) is 1.95. The number of ether oxygens (including phenoxy) is 1. The Morgan fingerprint density at radius 1 is 1.28 bits per heavy atom. The van der Waals surface area contributed by atoms with Gasteiger partial charge in [-0.05, 0) is 24.1 Å². The second-order valence-corrected chi connectivity index (χ2v) is 7.76. The number of imide groups is 1. The minimum atomic E-state index is -0.572. The number of hydrogen-bond donors (Lipinski definition) is 1. The molecule has 1 N–H and O–H groups in total. The van der Waals surface area contributed by atoms with Crippen molar-refractivity contribution in [2.45, 2.75) is 30.3 Å². The molecular weight excluding hydrogens is 408 g/mol. The van der Waals surface area contributed by atoms with Gasteiger partial charge in [0.05, 0.1) is 13.2 Å². The van der Waals surface area contributed by atoms with Crippen LogP contribution < -0.4 is 5.32 Å². The molecule has 1 saturated heterocycles. The minimum absolute atomic E-state index is 0.137. The lowest BCUT2D eigenvalue weighted by Crippen LogP contribution is -2.52. The molecule has 134 valence electrons. The molecular formula is C17H19BrN2O4S. The van der Waals surface area contributed by atoms with Crippen LogP contribution in [-0.2, 0) is 20.9 Å². The third-order valence-corrected chi connectivity index (χ3v) is 5.63. The maximum atomic E-state index is 12.7. The van der Waals surface area contributed by atoms with Crippen LogP contribution in [0.1, 0.15) is 28.8 Å². The molecule has 25 heavy (non-hydrogen) atoms. The number of benzene rings is 1. The molecule has 6 nitrogen and oxygen atoms in total. The lowest BCUT2D eigenvalue weighted by molar-refractivity contribution is -0.136. The molecule has 1 fully saturated rings. The summed E-state index contributed by atoms with van der Waals surface area (Å²) < 4.78 is 5.46. The van der Waals surface area contributed by atoms with E-state index in [1.165, 1.54) is 0 Å². The summed E-state index contributed by atoms with van der Waals surface area (Å²) in [5, 5.41) is 3.14. The molecule has 0 radical (unpaired) electrons. The Morgan fingerprint density at radius 3 is 2.88 bits per heavy atom. The molecule has 0 bridgehead atoms. The number of amides is 3. The van der Waals surface area contributed by atoms with E-state index in [2.05, 4.69) is 21.2 Å². The van der Waals surface area contributed by atoms with Gasteiger partial charge in [-0.25, -0.2) is 0 Å². The van der Waals surface area contributed by atoms with Crippen molar-refractivity contribution >= 4 is 45.4 Å². The molecule has 1 aromatic carbocycles. The highest BCUT2D eigenvalue weighted by atomic mass is 79.9. The number of nitrogens with zero attached hydrogens (tertiary/aromatic N) is 1. The van der Waals surface area contributed by atoms with Gasteiger partial charge in [0.25, 0.3) is 5.91 Å². The number of nitrogens with one attached hydrogen (secondary N) is 1. The van der Waals surface area contributed by atoms with Crippen LogP contribution in [0.5, 0.6) is 0 Å². The Kier molecular flexibility index (Phi) is 6.14. The van der Waals surface area contributed by atoms with E-state index in [0.717, 1.165) is 21.5 Å². The van der Waals surface area contributed by atoms with E-state index in [4.69, 9.17) is 4.74 Å². The number of halogens is 1. The first kappa shape index (κ1) is 18.4. The third-order valence-electron chi connectivity index (χ3n) is 4.25. The molecule has 2 aliphatic heterocycles. The molecule has 0 aliphatic carbocycles. The summed E-state index contributed by atoms with van der Waals surface area (Å²) in [6.07, 6.45) is 0.649. The van der Waals surface area contributed by atoms with Gasteiger partial charge in [0.15, 0.2) is 0 Å². The van der Waals surface area contributed by atoms with E-state index in [1.807, 2.05) is 12.1 Å². The van der Waals surface area contributed by atoms with E-state index in [-0.39, 0.29) is 24.1 Å². The van der Waals surface area contributed by atoms with E-state index in [1.54, 1.807) is 22.7 Å². The van der Waals surface area contributed by atoms with Crippen LogP contribution in [0, 0.1) is 0 Å². The number of fused-ring (bicyclic) bond motifs is 1. The summed E-state index contributed by atoms with van der Waals surface area (Å²) in [5.74, 6) is 0.0122. The van der Waals surface area contributed by atoms with Crippen molar-refractivity contribution in [3.63, 3.8) is 0 Å². The molecule has 0 spiro atoms. The summed E-state index contributed by atoms with van der Waals surface area (Å²) in [5.41, 5.74) is 1.61. The Bertz CT molecular complexity index is 697. The monoisotopic (exact) mass is 426 g/mol. The molecule has 8 heteroatoms. The van der Waals surface area contributed by atoms with Crippen molar-refractivity contribution < 1.29 is 19.1 Å². The zero-order valence-corrected chi connectivity index (χ0v) is 16.0. The van der Waals surface area contributed by atoms with Crippen LogP contribution in [-0.4, -0.2) is 53.0 Å². The second-order valence-electron chi connectivity index (χ2n) is 5.83. The lowest BCUT2D eigenvalue weighted by atomic mass is 10.0. The maximum Gasteiger partial charge on any atom is 0.255 e. The summed E-state index contributed by atoms with van der Waals surface area (Å²) >= 11 is 4.97. The van der Waals surface area contributed by atoms with E-state index in [0.29, 0.717) is 31.7 Å². The first-order chi connectivity index (χ1) is 12.1. The normalized spacial score (nSPS) is 20.0.